The molecule has 0 aliphatic carbocycles. The zero-order chi connectivity index (χ0) is 14.1. The molecular formula is C14H11FN2OS2. The number of fused-ring (bicyclic) bond motifs is 1. The first kappa shape index (κ1) is 13.3. The Morgan fingerprint density at radius 1 is 1.40 bits per heavy atom. The molecule has 0 saturated heterocycles. The molecule has 0 aliphatic rings. The van der Waals surface area contributed by atoms with Crippen molar-refractivity contribution in [1.29, 1.82) is 0 Å². The molecule has 20 heavy (non-hydrogen) atoms. The van der Waals surface area contributed by atoms with Crippen molar-refractivity contribution in [3.8, 4) is 0 Å². The fraction of sp³-hybridized carbons (Fsp3) is 0.143. The average Bonchev–Trinajstić information content (AvgIpc) is 2.90. The highest BCUT2D eigenvalue weighted by Crippen LogP contribution is 2.23. The summed E-state index contributed by atoms with van der Waals surface area (Å²) in [5.74, 6) is 0.327. The SMILES string of the molecule is Cn1c(SCc2cccc(F)c2)nc2sccc2c1=O. The van der Waals surface area contributed by atoms with Crippen LogP contribution in [0.25, 0.3) is 10.2 Å². The van der Waals surface area contributed by atoms with E-state index >= 15 is 0 Å². The van der Waals surface area contributed by atoms with Crippen LogP contribution in [0.2, 0.25) is 0 Å². The van der Waals surface area contributed by atoms with Gasteiger partial charge in [0.05, 0.1) is 5.39 Å². The van der Waals surface area contributed by atoms with Gasteiger partial charge in [-0.2, -0.15) is 0 Å². The number of thioether (sulfide) groups is 1. The minimum Gasteiger partial charge on any atom is -0.290 e. The molecule has 0 saturated carbocycles. The van der Waals surface area contributed by atoms with Crippen molar-refractivity contribution in [2.45, 2.75) is 10.9 Å². The lowest BCUT2D eigenvalue weighted by Gasteiger charge is -2.07. The summed E-state index contributed by atoms with van der Waals surface area (Å²) in [5, 5.41) is 3.15. The van der Waals surface area contributed by atoms with Gasteiger partial charge in [0, 0.05) is 12.8 Å². The number of nitrogens with zero attached hydrogens (tertiary/aromatic N) is 2. The second-order valence-corrected chi connectivity index (χ2v) is 6.15. The molecule has 1 aromatic carbocycles. The molecule has 0 fully saturated rings. The number of aromatic nitrogens is 2. The average molecular weight is 306 g/mol. The fourth-order valence-corrected chi connectivity index (χ4v) is 3.60. The van der Waals surface area contributed by atoms with Crippen molar-refractivity contribution in [3.05, 3.63) is 57.4 Å². The van der Waals surface area contributed by atoms with E-state index < -0.39 is 0 Å². The van der Waals surface area contributed by atoms with Gasteiger partial charge in [0.25, 0.3) is 5.56 Å². The van der Waals surface area contributed by atoms with Crippen molar-refractivity contribution >= 4 is 33.3 Å². The molecule has 0 spiro atoms. The Morgan fingerprint density at radius 3 is 3.05 bits per heavy atom. The maximum absolute atomic E-state index is 13.1. The van der Waals surface area contributed by atoms with Gasteiger partial charge in [-0.3, -0.25) is 9.36 Å². The largest absolute Gasteiger partial charge is 0.290 e. The second-order valence-electron chi connectivity index (χ2n) is 4.32. The molecule has 0 atom stereocenters. The quantitative estimate of drug-likeness (QED) is 0.549. The van der Waals surface area contributed by atoms with Crippen LogP contribution in [0.1, 0.15) is 5.56 Å². The molecule has 0 N–H and O–H groups in total. The molecule has 3 nitrogen and oxygen atoms in total. The van der Waals surface area contributed by atoms with Gasteiger partial charge in [-0.05, 0) is 29.1 Å². The number of halogens is 1. The highest BCUT2D eigenvalue weighted by molar-refractivity contribution is 7.98. The summed E-state index contributed by atoms with van der Waals surface area (Å²) in [6.45, 7) is 0. The Morgan fingerprint density at radius 2 is 2.25 bits per heavy atom. The lowest BCUT2D eigenvalue weighted by molar-refractivity contribution is 0.626. The Kier molecular flexibility index (Phi) is 3.58. The van der Waals surface area contributed by atoms with Crippen LogP contribution in [0.3, 0.4) is 0 Å². The zero-order valence-electron chi connectivity index (χ0n) is 10.7. The first-order chi connectivity index (χ1) is 9.65. The van der Waals surface area contributed by atoms with Gasteiger partial charge < -0.3 is 0 Å². The maximum Gasteiger partial charge on any atom is 0.262 e. The maximum atomic E-state index is 13.1. The predicted molar refractivity (Wildman–Crippen MR) is 80.8 cm³/mol. The van der Waals surface area contributed by atoms with E-state index in [2.05, 4.69) is 4.98 Å². The number of hydrogen-bond acceptors (Lipinski definition) is 4. The van der Waals surface area contributed by atoms with E-state index in [0.29, 0.717) is 16.3 Å². The zero-order valence-corrected chi connectivity index (χ0v) is 12.3. The van der Waals surface area contributed by atoms with Gasteiger partial charge in [0.1, 0.15) is 10.6 Å². The van der Waals surface area contributed by atoms with Crippen molar-refractivity contribution in [3.63, 3.8) is 0 Å². The van der Waals surface area contributed by atoms with E-state index in [1.165, 1.54) is 35.2 Å². The highest BCUT2D eigenvalue weighted by Gasteiger charge is 2.09. The van der Waals surface area contributed by atoms with Crippen LogP contribution in [0, 0.1) is 5.82 Å². The summed E-state index contributed by atoms with van der Waals surface area (Å²) in [5.41, 5.74) is 0.827. The van der Waals surface area contributed by atoms with E-state index in [4.69, 9.17) is 0 Å². The monoisotopic (exact) mass is 306 g/mol. The van der Waals surface area contributed by atoms with Gasteiger partial charge >= 0.3 is 0 Å². The van der Waals surface area contributed by atoms with E-state index in [0.717, 1.165) is 10.4 Å². The smallest absolute Gasteiger partial charge is 0.262 e. The summed E-state index contributed by atoms with van der Waals surface area (Å²) in [4.78, 5) is 17.4. The Bertz CT molecular complexity index is 825. The molecule has 0 aliphatic heterocycles. The van der Waals surface area contributed by atoms with Crippen LogP contribution >= 0.6 is 23.1 Å². The molecule has 102 valence electrons. The third-order valence-electron chi connectivity index (χ3n) is 2.92. The molecular weight excluding hydrogens is 295 g/mol. The van der Waals surface area contributed by atoms with Gasteiger partial charge in [0.2, 0.25) is 0 Å². The molecule has 6 heteroatoms. The standard InChI is InChI=1S/C14H11FN2OS2/c1-17-13(18)11-5-6-19-12(11)16-14(17)20-8-9-3-2-4-10(15)7-9/h2-7H,8H2,1H3. The van der Waals surface area contributed by atoms with Gasteiger partial charge in [0.15, 0.2) is 5.16 Å². The Hall–Kier alpha value is -1.66. The van der Waals surface area contributed by atoms with Crippen molar-refractivity contribution < 1.29 is 4.39 Å². The third kappa shape index (κ3) is 2.48. The molecule has 0 radical (unpaired) electrons. The first-order valence-electron chi connectivity index (χ1n) is 5.96. The van der Waals surface area contributed by atoms with Crippen LogP contribution in [0.15, 0.2) is 45.7 Å². The lowest BCUT2D eigenvalue weighted by atomic mass is 10.2. The van der Waals surface area contributed by atoms with E-state index in [-0.39, 0.29) is 11.4 Å². The summed E-state index contributed by atoms with van der Waals surface area (Å²) in [6.07, 6.45) is 0. The normalized spacial score (nSPS) is 11.1. The Balaban J connectivity index is 1.91. The lowest BCUT2D eigenvalue weighted by Crippen LogP contribution is -2.19. The second kappa shape index (κ2) is 5.38. The van der Waals surface area contributed by atoms with Crippen LogP contribution in [-0.4, -0.2) is 9.55 Å². The molecule has 2 heterocycles. The van der Waals surface area contributed by atoms with Crippen LogP contribution in [0.4, 0.5) is 4.39 Å². The summed E-state index contributed by atoms with van der Waals surface area (Å²) in [7, 11) is 1.71. The topological polar surface area (TPSA) is 34.9 Å². The third-order valence-corrected chi connectivity index (χ3v) is 4.83. The molecule has 0 bridgehead atoms. The van der Waals surface area contributed by atoms with E-state index in [9.17, 15) is 9.18 Å². The van der Waals surface area contributed by atoms with Gasteiger partial charge in [-0.1, -0.05) is 23.9 Å². The van der Waals surface area contributed by atoms with Crippen molar-refractivity contribution in [1.82, 2.24) is 9.55 Å². The Labute approximate surface area is 123 Å². The molecule has 0 amide bonds. The van der Waals surface area contributed by atoms with Crippen molar-refractivity contribution in [2.24, 2.45) is 7.05 Å². The van der Waals surface area contributed by atoms with E-state index in [1.54, 1.807) is 23.7 Å². The van der Waals surface area contributed by atoms with E-state index in [1.807, 2.05) is 11.4 Å². The summed E-state index contributed by atoms with van der Waals surface area (Å²) < 4.78 is 14.7. The van der Waals surface area contributed by atoms with Crippen LogP contribution in [-0.2, 0) is 12.8 Å². The van der Waals surface area contributed by atoms with Crippen molar-refractivity contribution in [2.75, 3.05) is 0 Å². The minimum absolute atomic E-state index is 0.0435. The number of thiophene rings is 1. The summed E-state index contributed by atoms with van der Waals surface area (Å²) in [6, 6.07) is 8.24. The molecule has 3 aromatic rings. The first-order valence-corrected chi connectivity index (χ1v) is 7.83. The van der Waals surface area contributed by atoms with Crippen LogP contribution < -0.4 is 5.56 Å². The van der Waals surface area contributed by atoms with Gasteiger partial charge in [-0.15, -0.1) is 11.3 Å². The number of benzene rings is 1. The predicted octanol–water partition coefficient (Wildman–Crippen LogP) is 3.43. The van der Waals surface area contributed by atoms with Crippen LogP contribution in [0.5, 0.6) is 0 Å². The highest BCUT2D eigenvalue weighted by atomic mass is 32.2. The molecule has 2 aromatic heterocycles. The fourth-order valence-electron chi connectivity index (χ4n) is 1.88. The minimum atomic E-state index is -0.251. The number of rotatable bonds is 3. The van der Waals surface area contributed by atoms with Gasteiger partial charge in [-0.25, -0.2) is 9.37 Å². The summed E-state index contributed by atoms with van der Waals surface area (Å²) >= 11 is 2.88. The number of hydrogen-bond donors (Lipinski definition) is 0. The molecule has 3 rings (SSSR count). The molecule has 0 unspecified atom stereocenters.